The third-order valence-electron chi connectivity index (χ3n) is 2.14. The summed E-state index contributed by atoms with van der Waals surface area (Å²) in [5, 5.41) is 12.7. The lowest BCUT2D eigenvalue weighted by molar-refractivity contribution is -0.131. The van der Waals surface area contributed by atoms with Crippen molar-refractivity contribution in [2.75, 3.05) is 6.54 Å². The van der Waals surface area contributed by atoms with Crippen LogP contribution >= 0.6 is 11.3 Å². The third-order valence-corrected chi connectivity index (χ3v) is 3.39. The minimum absolute atomic E-state index is 0.199. The number of aromatic nitrogens is 1. The van der Waals surface area contributed by atoms with Gasteiger partial charge in [0, 0.05) is 23.5 Å². The highest BCUT2D eigenvalue weighted by Crippen LogP contribution is 2.23. The fourth-order valence-electron chi connectivity index (χ4n) is 1.45. The van der Waals surface area contributed by atoms with E-state index in [0.717, 1.165) is 16.8 Å². The van der Waals surface area contributed by atoms with E-state index in [9.17, 15) is 4.79 Å². The van der Waals surface area contributed by atoms with Crippen molar-refractivity contribution in [3.05, 3.63) is 27.7 Å². The molecular weight excluding hydrogens is 224 g/mol. The van der Waals surface area contributed by atoms with Crippen LogP contribution in [-0.2, 0) is 4.79 Å². The van der Waals surface area contributed by atoms with Crippen LogP contribution in [0.3, 0.4) is 0 Å². The van der Waals surface area contributed by atoms with Gasteiger partial charge in [0.05, 0.1) is 10.7 Å². The molecule has 2 N–H and O–H groups in total. The van der Waals surface area contributed by atoms with E-state index in [-0.39, 0.29) is 6.04 Å². The fourth-order valence-corrected chi connectivity index (χ4v) is 2.40. The van der Waals surface area contributed by atoms with Crippen molar-refractivity contribution >= 4 is 17.3 Å². The highest BCUT2D eigenvalue weighted by molar-refractivity contribution is 7.11. The first-order valence-electron chi connectivity index (χ1n) is 5.07. The van der Waals surface area contributed by atoms with E-state index < -0.39 is 5.97 Å². The summed E-state index contributed by atoms with van der Waals surface area (Å²) in [5.41, 5.74) is 1.05. The average Bonchev–Trinajstić information content (AvgIpc) is 2.52. The number of nitrogens with one attached hydrogen (secondary N) is 1. The van der Waals surface area contributed by atoms with E-state index >= 15 is 0 Å². The van der Waals surface area contributed by atoms with Crippen LogP contribution in [0.15, 0.2) is 12.2 Å². The molecule has 1 unspecified atom stereocenters. The Morgan fingerprint density at radius 1 is 1.62 bits per heavy atom. The lowest BCUT2D eigenvalue weighted by Crippen LogP contribution is -2.18. The minimum atomic E-state index is -0.917. The molecule has 1 aromatic rings. The molecule has 1 atom stereocenters. The van der Waals surface area contributed by atoms with Gasteiger partial charge in [0.15, 0.2) is 0 Å². The first kappa shape index (κ1) is 12.9. The molecule has 1 rings (SSSR count). The van der Waals surface area contributed by atoms with Crippen LogP contribution in [0.25, 0.3) is 0 Å². The number of aliphatic carboxylic acids is 1. The number of thiazole rings is 1. The predicted molar refractivity (Wildman–Crippen MR) is 64.8 cm³/mol. The smallest absolute Gasteiger partial charge is 0.328 e. The van der Waals surface area contributed by atoms with Crippen molar-refractivity contribution in [3.63, 3.8) is 0 Å². The Bertz CT molecular complexity index is 399. The van der Waals surface area contributed by atoms with E-state index in [1.165, 1.54) is 4.88 Å². The second-order valence-electron chi connectivity index (χ2n) is 3.55. The number of hydrogen-bond donors (Lipinski definition) is 2. The molecule has 16 heavy (non-hydrogen) atoms. The largest absolute Gasteiger partial charge is 0.478 e. The molecule has 1 aromatic heterocycles. The summed E-state index contributed by atoms with van der Waals surface area (Å²) in [6.45, 7) is 6.57. The van der Waals surface area contributed by atoms with Crippen molar-refractivity contribution in [3.8, 4) is 0 Å². The molecule has 0 spiro atoms. The van der Waals surface area contributed by atoms with Gasteiger partial charge in [0.2, 0.25) is 0 Å². The summed E-state index contributed by atoms with van der Waals surface area (Å²) in [7, 11) is 0. The van der Waals surface area contributed by atoms with Gasteiger partial charge in [-0.15, -0.1) is 11.3 Å². The van der Waals surface area contributed by atoms with Crippen LogP contribution in [0.5, 0.6) is 0 Å². The quantitative estimate of drug-likeness (QED) is 0.773. The number of carboxylic acid groups (broad SMARTS) is 1. The number of rotatable bonds is 5. The third kappa shape index (κ3) is 3.75. The van der Waals surface area contributed by atoms with Gasteiger partial charge >= 0.3 is 5.97 Å². The Labute approximate surface area is 99.0 Å². The van der Waals surface area contributed by atoms with Crippen molar-refractivity contribution in [2.24, 2.45) is 0 Å². The van der Waals surface area contributed by atoms with Gasteiger partial charge in [-0.25, -0.2) is 9.78 Å². The Morgan fingerprint density at radius 3 is 2.81 bits per heavy atom. The van der Waals surface area contributed by atoms with Crippen molar-refractivity contribution in [1.29, 1.82) is 0 Å². The zero-order chi connectivity index (χ0) is 12.1. The molecule has 0 radical (unpaired) electrons. The van der Waals surface area contributed by atoms with Gasteiger partial charge in [0.25, 0.3) is 0 Å². The minimum Gasteiger partial charge on any atom is -0.478 e. The molecule has 0 aliphatic rings. The summed E-state index contributed by atoms with van der Waals surface area (Å²) >= 11 is 1.67. The van der Waals surface area contributed by atoms with Gasteiger partial charge in [-0.05, 0) is 20.8 Å². The van der Waals surface area contributed by atoms with Crippen molar-refractivity contribution in [1.82, 2.24) is 10.3 Å². The van der Waals surface area contributed by atoms with Gasteiger partial charge < -0.3 is 10.4 Å². The SMILES string of the molecule is Cc1nc(C)c(C(C)NC/C=C/C(=O)O)s1. The standard InChI is InChI=1S/C11H16N2O2S/c1-7(12-6-4-5-10(14)15)11-8(2)13-9(3)16-11/h4-5,7,12H,6H2,1-3H3,(H,14,15)/b5-4+. The Hall–Kier alpha value is -1.20. The molecule has 0 amide bonds. The van der Waals surface area contributed by atoms with E-state index in [2.05, 4.69) is 17.2 Å². The molecule has 0 aliphatic heterocycles. The maximum absolute atomic E-state index is 10.2. The molecule has 0 saturated heterocycles. The number of carbonyl (C=O) groups is 1. The molecular formula is C11H16N2O2S. The van der Waals surface area contributed by atoms with Gasteiger partial charge in [-0.2, -0.15) is 0 Å². The molecule has 0 bridgehead atoms. The molecule has 5 heteroatoms. The first-order valence-corrected chi connectivity index (χ1v) is 5.89. The normalized spacial score (nSPS) is 13.2. The Balaban J connectivity index is 2.49. The van der Waals surface area contributed by atoms with Gasteiger partial charge in [-0.3, -0.25) is 0 Å². The molecule has 0 fully saturated rings. The molecule has 1 heterocycles. The summed E-state index contributed by atoms with van der Waals surface area (Å²) in [4.78, 5) is 15.8. The van der Waals surface area contributed by atoms with Crippen LogP contribution in [-0.4, -0.2) is 22.6 Å². The number of carboxylic acids is 1. The van der Waals surface area contributed by atoms with E-state index in [1.54, 1.807) is 17.4 Å². The summed E-state index contributed by atoms with van der Waals surface area (Å²) in [6.07, 6.45) is 2.74. The molecule has 0 saturated carbocycles. The zero-order valence-corrected chi connectivity index (χ0v) is 10.5. The van der Waals surface area contributed by atoms with Gasteiger partial charge in [0.1, 0.15) is 0 Å². The fraction of sp³-hybridized carbons (Fsp3) is 0.455. The van der Waals surface area contributed by atoms with Gasteiger partial charge in [-0.1, -0.05) is 6.08 Å². The van der Waals surface area contributed by atoms with Crippen LogP contribution in [0.4, 0.5) is 0 Å². The number of hydrogen-bond acceptors (Lipinski definition) is 4. The molecule has 0 aliphatic carbocycles. The van der Waals surface area contributed by atoms with Crippen molar-refractivity contribution in [2.45, 2.75) is 26.8 Å². The van der Waals surface area contributed by atoms with E-state index in [0.29, 0.717) is 6.54 Å². The molecule has 88 valence electrons. The lowest BCUT2D eigenvalue weighted by atomic mass is 10.2. The van der Waals surface area contributed by atoms with Crippen molar-refractivity contribution < 1.29 is 9.90 Å². The number of aryl methyl sites for hydroxylation is 2. The maximum Gasteiger partial charge on any atom is 0.328 e. The van der Waals surface area contributed by atoms with Crippen LogP contribution < -0.4 is 5.32 Å². The van der Waals surface area contributed by atoms with Crippen LogP contribution in [0.1, 0.15) is 28.5 Å². The lowest BCUT2D eigenvalue weighted by Gasteiger charge is -2.10. The number of nitrogens with zero attached hydrogens (tertiary/aromatic N) is 1. The summed E-state index contributed by atoms with van der Waals surface area (Å²) < 4.78 is 0. The van der Waals surface area contributed by atoms with E-state index in [1.807, 2.05) is 13.8 Å². The second kappa shape index (κ2) is 5.77. The Morgan fingerprint density at radius 2 is 2.31 bits per heavy atom. The Kier molecular flexibility index (Phi) is 4.64. The maximum atomic E-state index is 10.2. The monoisotopic (exact) mass is 240 g/mol. The topological polar surface area (TPSA) is 62.2 Å². The van der Waals surface area contributed by atoms with E-state index in [4.69, 9.17) is 5.11 Å². The first-order chi connectivity index (χ1) is 7.50. The summed E-state index contributed by atoms with van der Waals surface area (Å²) in [5.74, 6) is -0.917. The van der Waals surface area contributed by atoms with Crippen LogP contribution in [0.2, 0.25) is 0 Å². The molecule has 4 nitrogen and oxygen atoms in total. The second-order valence-corrected chi connectivity index (χ2v) is 4.79. The molecule has 0 aromatic carbocycles. The highest BCUT2D eigenvalue weighted by atomic mass is 32.1. The zero-order valence-electron chi connectivity index (χ0n) is 9.65. The summed E-state index contributed by atoms with van der Waals surface area (Å²) in [6, 6.07) is 0.199. The average molecular weight is 240 g/mol. The highest BCUT2D eigenvalue weighted by Gasteiger charge is 2.11. The van der Waals surface area contributed by atoms with Crippen LogP contribution in [0, 0.1) is 13.8 Å². The predicted octanol–water partition coefficient (Wildman–Crippen LogP) is 2.05.